The fourth-order valence-corrected chi connectivity index (χ4v) is 3.76. The lowest BCUT2D eigenvalue weighted by atomic mass is 9.91. The SMILES string of the molecule is CNC1CCC(NCc2cc(-c3ccc(C(N)=O)cc3)ccc2OC)CC1. The molecule has 0 unspecified atom stereocenters. The average molecular weight is 367 g/mol. The van der Waals surface area contributed by atoms with Crippen LogP contribution in [0, 0.1) is 0 Å². The zero-order valence-electron chi connectivity index (χ0n) is 16.1. The second kappa shape index (κ2) is 9.02. The molecular weight excluding hydrogens is 338 g/mol. The summed E-state index contributed by atoms with van der Waals surface area (Å²) in [6, 6.07) is 14.8. The van der Waals surface area contributed by atoms with E-state index in [-0.39, 0.29) is 0 Å². The number of amides is 1. The van der Waals surface area contributed by atoms with E-state index in [2.05, 4.69) is 16.7 Å². The minimum atomic E-state index is -0.408. The van der Waals surface area contributed by atoms with Crippen LogP contribution in [-0.4, -0.2) is 32.1 Å². The van der Waals surface area contributed by atoms with Gasteiger partial charge in [-0.1, -0.05) is 18.2 Å². The summed E-state index contributed by atoms with van der Waals surface area (Å²) >= 11 is 0. The van der Waals surface area contributed by atoms with Gasteiger partial charge in [0.25, 0.3) is 0 Å². The first-order valence-electron chi connectivity index (χ1n) is 9.58. The Labute approximate surface area is 161 Å². The lowest BCUT2D eigenvalue weighted by molar-refractivity contribution is 0.100. The molecule has 0 spiro atoms. The average Bonchev–Trinajstić information content (AvgIpc) is 2.72. The van der Waals surface area contributed by atoms with Crippen molar-refractivity contribution in [3.05, 3.63) is 53.6 Å². The van der Waals surface area contributed by atoms with Gasteiger partial charge in [-0.25, -0.2) is 0 Å². The Balaban J connectivity index is 1.71. The summed E-state index contributed by atoms with van der Waals surface area (Å²) in [5.74, 6) is 0.484. The Kier molecular flexibility index (Phi) is 6.48. The lowest BCUT2D eigenvalue weighted by Gasteiger charge is -2.29. The highest BCUT2D eigenvalue weighted by Crippen LogP contribution is 2.28. The maximum Gasteiger partial charge on any atom is 0.248 e. The molecule has 0 aromatic heterocycles. The topological polar surface area (TPSA) is 76.4 Å². The standard InChI is InChI=1S/C22H29N3O2/c1-24-19-8-10-20(11-9-19)25-14-18-13-17(7-12-21(18)27-2)15-3-5-16(6-4-15)22(23)26/h3-7,12-13,19-20,24-25H,8-11,14H2,1-2H3,(H2,23,26). The molecule has 0 radical (unpaired) electrons. The minimum Gasteiger partial charge on any atom is -0.496 e. The second-order valence-electron chi connectivity index (χ2n) is 7.19. The van der Waals surface area contributed by atoms with Crippen LogP contribution in [0.2, 0.25) is 0 Å². The van der Waals surface area contributed by atoms with Gasteiger partial charge >= 0.3 is 0 Å². The third kappa shape index (κ3) is 4.87. The molecule has 0 bridgehead atoms. The van der Waals surface area contributed by atoms with Gasteiger partial charge in [-0.05, 0) is 68.1 Å². The first-order valence-corrected chi connectivity index (χ1v) is 9.58. The van der Waals surface area contributed by atoms with Crippen molar-refractivity contribution in [3.63, 3.8) is 0 Å². The maximum atomic E-state index is 11.3. The summed E-state index contributed by atoms with van der Waals surface area (Å²) in [5, 5.41) is 7.07. The van der Waals surface area contributed by atoms with Crippen LogP contribution >= 0.6 is 0 Å². The van der Waals surface area contributed by atoms with Crippen molar-refractivity contribution in [2.45, 2.75) is 44.3 Å². The summed E-state index contributed by atoms with van der Waals surface area (Å²) < 4.78 is 5.55. The van der Waals surface area contributed by atoms with Crippen LogP contribution in [0.25, 0.3) is 11.1 Å². The number of carbonyl (C=O) groups excluding carboxylic acids is 1. The van der Waals surface area contributed by atoms with E-state index in [9.17, 15) is 4.79 Å². The van der Waals surface area contributed by atoms with E-state index in [0.717, 1.165) is 29.0 Å². The molecule has 4 N–H and O–H groups in total. The largest absolute Gasteiger partial charge is 0.496 e. The van der Waals surface area contributed by atoms with Crippen LogP contribution in [0.15, 0.2) is 42.5 Å². The number of ether oxygens (including phenoxy) is 1. The number of rotatable bonds is 7. The van der Waals surface area contributed by atoms with Crippen molar-refractivity contribution in [3.8, 4) is 16.9 Å². The molecule has 27 heavy (non-hydrogen) atoms. The third-order valence-electron chi connectivity index (χ3n) is 5.50. The number of benzene rings is 2. The third-order valence-corrected chi connectivity index (χ3v) is 5.50. The monoisotopic (exact) mass is 367 g/mol. The van der Waals surface area contributed by atoms with Gasteiger partial charge in [0.1, 0.15) is 5.75 Å². The van der Waals surface area contributed by atoms with Crippen molar-refractivity contribution in [1.82, 2.24) is 10.6 Å². The van der Waals surface area contributed by atoms with Gasteiger partial charge in [0.2, 0.25) is 5.91 Å². The van der Waals surface area contributed by atoms with Gasteiger partial charge in [0.15, 0.2) is 0 Å². The van der Waals surface area contributed by atoms with Crippen LogP contribution in [0.1, 0.15) is 41.6 Å². The molecule has 3 rings (SSSR count). The number of hydrogen-bond donors (Lipinski definition) is 3. The van der Waals surface area contributed by atoms with Crippen molar-refractivity contribution < 1.29 is 9.53 Å². The van der Waals surface area contributed by atoms with Crippen molar-refractivity contribution in [1.29, 1.82) is 0 Å². The number of nitrogens with one attached hydrogen (secondary N) is 2. The maximum absolute atomic E-state index is 11.3. The molecule has 0 aliphatic heterocycles. The molecule has 2 aromatic rings. The molecular formula is C22H29N3O2. The zero-order valence-corrected chi connectivity index (χ0v) is 16.1. The highest BCUT2D eigenvalue weighted by atomic mass is 16.5. The van der Waals surface area contributed by atoms with Crippen LogP contribution in [0.3, 0.4) is 0 Å². The van der Waals surface area contributed by atoms with E-state index in [1.165, 1.54) is 25.7 Å². The van der Waals surface area contributed by atoms with E-state index >= 15 is 0 Å². The molecule has 0 atom stereocenters. The van der Waals surface area contributed by atoms with Gasteiger partial charge in [-0.2, -0.15) is 0 Å². The fourth-order valence-electron chi connectivity index (χ4n) is 3.76. The normalized spacial score (nSPS) is 19.6. The van der Waals surface area contributed by atoms with Crippen LogP contribution in [0.4, 0.5) is 0 Å². The van der Waals surface area contributed by atoms with Gasteiger partial charge in [-0.15, -0.1) is 0 Å². The molecule has 1 aliphatic carbocycles. The zero-order chi connectivity index (χ0) is 19.2. The Morgan fingerprint density at radius 1 is 1.04 bits per heavy atom. The summed E-state index contributed by atoms with van der Waals surface area (Å²) in [4.78, 5) is 11.3. The summed E-state index contributed by atoms with van der Waals surface area (Å²) in [7, 11) is 3.75. The van der Waals surface area contributed by atoms with Gasteiger partial charge in [-0.3, -0.25) is 4.79 Å². The summed E-state index contributed by atoms with van der Waals surface area (Å²) in [5.41, 5.74) is 9.14. The van der Waals surface area contributed by atoms with Gasteiger partial charge < -0.3 is 21.1 Å². The molecule has 5 nitrogen and oxygen atoms in total. The number of primary amides is 1. The smallest absolute Gasteiger partial charge is 0.248 e. The van der Waals surface area contributed by atoms with Crippen LogP contribution < -0.4 is 21.1 Å². The summed E-state index contributed by atoms with van der Waals surface area (Å²) in [6.07, 6.45) is 4.83. The molecule has 144 valence electrons. The van der Waals surface area contributed by atoms with E-state index in [1.54, 1.807) is 19.2 Å². The first kappa shape index (κ1) is 19.4. The molecule has 0 heterocycles. The Morgan fingerprint density at radius 3 is 2.26 bits per heavy atom. The molecule has 5 heteroatoms. The molecule has 0 saturated heterocycles. The van der Waals surface area contributed by atoms with E-state index in [0.29, 0.717) is 17.6 Å². The predicted molar refractivity (Wildman–Crippen MR) is 109 cm³/mol. The lowest BCUT2D eigenvalue weighted by Crippen LogP contribution is -2.38. The van der Waals surface area contributed by atoms with Crippen molar-refractivity contribution in [2.75, 3.05) is 14.2 Å². The predicted octanol–water partition coefficient (Wildman–Crippen LogP) is 3.08. The number of carbonyl (C=O) groups is 1. The van der Waals surface area contributed by atoms with Crippen LogP contribution in [0.5, 0.6) is 5.75 Å². The van der Waals surface area contributed by atoms with Gasteiger partial charge in [0, 0.05) is 29.8 Å². The quantitative estimate of drug-likeness (QED) is 0.703. The van der Waals surface area contributed by atoms with E-state index < -0.39 is 5.91 Å². The van der Waals surface area contributed by atoms with E-state index in [1.807, 2.05) is 31.3 Å². The molecule has 1 aliphatic rings. The number of hydrogen-bond acceptors (Lipinski definition) is 4. The number of methoxy groups -OCH3 is 1. The number of nitrogens with two attached hydrogens (primary N) is 1. The Bertz CT molecular complexity index is 766. The molecule has 1 fully saturated rings. The molecule has 2 aromatic carbocycles. The highest BCUT2D eigenvalue weighted by molar-refractivity contribution is 5.93. The molecule has 1 amide bonds. The molecule has 1 saturated carbocycles. The Morgan fingerprint density at radius 2 is 1.67 bits per heavy atom. The highest BCUT2D eigenvalue weighted by Gasteiger charge is 2.19. The van der Waals surface area contributed by atoms with E-state index in [4.69, 9.17) is 10.5 Å². The minimum absolute atomic E-state index is 0.408. The second-order valence-corrected chi connectivity index (χ2v) is 7.19. The van der Waals surface area contributed by atoms with Gasteiger partial charge in [0.05, 0.1) is 7.11 Å². The summed E-state index contributed by atoms with van der Waals surface area (Å²) in [6.45, 7) is 0.783. The fraction of sp³-hybridized carbons (Fsp3) is 0.409. The first-order chi connectivity index (χ1) is 13.1. The van der Waals surface area contributed by atoms with Crippen molar-refractivity contribution >= 4 is 5.91 Å². The van der Waals surface area contributed by atoms with Crippen molar-refractivity contribution in [2.24, 2.45) is 5.73 Å². The Hall–Kier alpha value is -2.37. The van der Waals surface area contributed by atoms with Crippen LogP contribution in [-0.2, 0) is 6.54 Å².